The van der Waals surface area contributed by atoms with Crippen molar-refractivity contribution in [2.45, 2.75) is 6.04 Å². The highest BCUT2D eigenvalue weighted by atomic mass is 35.5. The van der Waals surface area contributed by atoms with Gasteiger partial charge in [-0.25, -0.2) is 9.98 Å². The third kappa shape index (κ3) is 5.28. The van der Waals surface area contributed by atoms with Gasteiger partial charge in [0.05, 0.1) is 29.3 Å². The van der Waals surface area contributed by atoms with Gasteiger partial charge in [0.15, 0.2) is 0 Å². The van der Waals surface area contributed by atoms with Crippen LogP contribution in [0.5, 0.6) is 0 Å². The Morgan fingerprint density at radius 2 is 1.87 bits per heavy atom. The van der Waals surface area contributed by atoms with E-state index in [0.29, 0.717) is 27.5 Å². The van der Waals surface area contributed by atoms with Crippen molar-refractivity contribution in [2.24, 2.45) is 15.7 Å². The van der Waals surface area contributed by atoms with E-state index in [2.05, 4.69) is 20.3 Å². The zero-order valence-electron chi connectivity index (χ0n) is 15.7. The predicted molar refractivity (Wildman–Crippen MR) is 117 cm³/mol. The summed E-state index contributed by atoms with van der Waals surface area (Å²) in [6.45, 7) is 0. The van der Waals surface area contributed by atoms with E-state index in [0.717, 1.165) is 11.9 Å². The Morgan fingerprint density at radius 3 is 2.47 bits per heavy atom. The van der Waals surface area contributed by atoms with Crippen molar-refractivity contribution in [1.82, 2.24) is 10.3 Å². The summed E-state index contributed by atoms with van der Waals surface area (Å²) in [6.07, 6.45) is 3.93. The number of carbonyl (C=O) groups is 1. The molecule has 0 fully saturated rings. The zero-order chi connectivity index (χ0) is 21.3. The van der Waals surface area contributed by atoms with Crippen molar-refractivity contribution in [3.8, 4) is 6.07 Å². The van der Waals surface area contributed by atoms with Crippen LogP contribution in [-0.2, 0) is 0 Å². The molecule has 0 aliphatic rings. The lowest BCUT2D eigenvalue weighted by Gasteiger charge is -2.19. The van der Waals surface area contributed by atoms with Crippen molar-refractivity contribution in [3.05, 3.63) is 94.3 Å². The normalized spacial score (nSPS) is 12.0. The number of carbonyl (C=O) groups excluding carboxylic acids is 1. The molecular weight excluding hydrogens is 400 g/mol. The lowest BCUT2D eigenvalue weighted by Crippen LogP contribution is -2.29. The average molecular weight is 417 g/mol. The summed E-state index contributed by atoms with van der Waals surface area (Å²) in [6, 6.07) is 18.8. The fourth-order valence-electron chi connectivity index (χ4n) is 2.68. The first-order valence-electron chi connectivity index (χ1n) is 8.89. The molecule has 0 spiro atoms. The van der Waals surface area contributed by atoms with Gasteiger partial charge in [0.1, 0.15) is 12.4 Å². The number of rotatable bonds is 6. The molecule has 3 N–H and O–H groups in total. The molecule has 148 valence electrons. The molecule has 0 saturated carbocycles. The monoisotopic (exact) mass is 416 g/mol. The van der Waals surface area contributed by atoms with Gasteiger partial charge in [-0.05, 0) is 54.1 Å². The number of nitriles is 1. The average Bonchev–Trinajstić information content (AvgIpc) is 2.79. The Labute approximate surface area is 178 Å². The molecule has 0 aliphatic carbocycles. The van der Waals surface area contributed by atoms with Crippen LogP contribution in [0.3, 0.4) is 0 Å². The van der Waals surface area contributed by atoms with E-state index in [1.165, 1.54) is 12.5 Å². The van der Waals surface area contributed by atoms with Gasteiger partial charge in [-0.1, -0.05) is 23.7 Å². The highest BCUT2D eigenvalue weighted by Crippen LogP contribution is 2.23. The van der Waals surface area contributed by atoms with E-state index in [4.69, 9.17) is 22.6 Å². The molecule has 1 unspecified atom stereocenters. The molecule has 0 radical (unpaired) electrons. The third-order valence-corrected chi connectivity index (χ3v) is 4.43. The molecule has 7 nitrogen and oxygen atoms in total. The SMILES string of the molecule is N#Cc1ccc(C(NC(=O)c2ccc(N=CN=CN)cc2)c2ccc(Cl)cc2)nc1. The zero-order valence-corrected chi connectivity index (χ0v) is 16.5. The second-order valence-electron chi connectivity index (χ2n) is 6.13. The summed E-state index contributed by atoms with van der Waals surface area (Å²) in [4.78, 5) is 25.0. The number of nitrogens with one attached hydrogen (secondary N) is 1. The van der Waals surface area contributed by atoms with E-state index in [1.807, 2.05) is 18.2 Å². The molecule has 3 rings (SSSR count). The van der Waals surface area contributed by atoms with Crippen LogP contribution in [0.2, 0.25) is 5.02 Å². The maximum atomic E-state index is 12.9. The second-order valence-corrected chi connectivity index (χ2v) is 6.57. The first kappa shape index (κ1) is 20.7. The van der Waals surface area contributed by atoms with E-state index < -0.39 is 6.04 Å². The molecule has 8 heteroatoms. The van der Waals surface area contributed by atoms with Gasteiger partial charge in [0.2, 0.25) is 0 Å². The number of nitrogens with two attached hydrogens (primary N) is 1. The Hall–Kier alpha value is -4.02. The first-order valence-corrected chi connectivity index (χ1v) is 9.27. The molecule has 1 atom stereocenters. The Bertz CT molecular complexity index is 1100. The van der Waals surface area contributed by atoms with Gasteiger partial charge >= 0.3 is 0 Å². The van der Waals surface area contributed by atoms with Crippen LogP contribution in [0.15, 0.2) is 76.8 Å². The lowest BCUT2D eigenvalue weighted by molar-refractivity contribution is 0.0942. The van der Waals surface area contributed by atoms with Crippen LogP contribution in [0.1, 0.15) is 33.2 Å². The quantitative estimate of drug-likeness (QED) is 0.469. The van der Waals surface area contributed by atoms with Gasteiger partial charge in [0.25, 0.3) is 5.91 Å². The van der Waals surface area contributed by atoms with Crippen LogP contribution in [0.25, 0.3) is 0 Å². The first-order chi connectivity index (χ1) is 14.6. The molecular formula is C22H17ClN6O. The van der Waals surface area contributed by atoms with Crippen LogP contribution < -0.4 is 11.1 Å². The molecule has 1 aromatic heterocycles. The number of hydrogen-bond acceptors (Lipinski definition) is 4. The van der Waals surface area contributed by atoms with E-state index in [9.17, 15) is 4.79 Å². The Morgan fingerprint density at radius 1 is 1.13 bits per heavy atom. The maximum absolute atomic E-state index is 12.9. The Kier molecular flexibility index (Phi) is 6.87. The summed E-state index contributed by atoms with van der Waals surface area (Å²) in [5, 5.41) is 12.6. The topological polar surface area (TPSA) is 117 Å². The minimum absolute atomic E-state index is 0.281. The fraction of sp³-hybridized carbons (Fsp3) is 0.0455. The van der Waals surface area contributed by atoms with Crippen molar-refractivity contribution < 1.29 is 4.79 Å². The van der Waals surface area contributed by atoms with Crippen LogP contribution >= 0.6 is 11.6 Å². The molecule has 0 saturated heterocycles. The number of halogens is 1. The minimum Gasteiger partial charge on any atom is -0.390 e. The molecule has 0 aliphatic heterocycles. The summed E-state index contributed by atoms with van der Waals surface area (Å²) >= 11 is 6.00. The predicted octanol–water partition coefficient (Wildman–Crippen LogP) is 3.77. The minimum atomic E-state index is -0.515. The molecule has 1 heterocycles. The summed E-state index contributed by atoms with van der Waals surface area (Å²) in [5.41, 5.74) is 8.11. The van der Waals surface area contributed by atoms with E-state index in [1.54, 1.807) is 48.5 Å². The third-order valence-electron chi connectivity index (χ3n) is 4.18. The molecule has 1 amide bonds. The van der Waals surface area contributed by atoms with Crippen molar-refractivity contribution in [2.75, 3.05) is 0 Å². The number of aromatic nitrogens is 1. The summed E-state index contributed by atoms with van der Waals surface area (Å²) in [7, 11) is 0. The van der Waals surface area contributed by atoms with Crippen molar-refractivity contribution in [1.29, 1.82) is 5.26 Å². The van der Waals surface area contributed by atoms with Gasteiger partial charge in [-0.3, -0.25) is 9.78 Å². The van der Waals surface area contributed by atoms with E-state index >= 15 is 0 Å². The second kappa shape index (κ2) is 9.96. The molecule has 0 bridgehead atoms. The highest BCUT2D eigenvalue weighted by Gasteiger charge is 2.19. The summed E-state index contributed by atoms with van der Waals surface area (Å²) < 4.78 is 0. The van der Waals surface area contributed by atoms with Gasteiger partial charge < -0.3 is 11.1 Å². The Balaban J connectivity index is 1.85. The fourth-order valence-corrected chi connectivity index (χ4v) is 2.80. The molecule has 30 heavy (non-hydrogen) atoms. The number of amides is 1. The molecule has 3 aromatic rings. The van der Waals surface area contributed by atoms with Crippen LogP contribution in [0, 0.1) is 11.3 Å². The number of pyridine rings is 1. The highest BCUT2D eigenvalue weighted by molar-refractivity contribution is 6.30. The van der Waals surface area contributed by atoms with Crippen LogP contribution in [0.4, 0.5) is 5.69 Å². The van der Waals surface area contributed by atoms with Gasteiger partial charge in [-0.15, -0.1) is 0 Å². The number of hydrogen-bond donors (Lipinski definition) is 2. The van der Waals surface area contributed by atoms with Crippen molar-refractivity contribution >= 4 is 35.9 Å². The lowest BCUT2D eigenvalue weighted by atomic mass is 10.0. The van der Waals surface area contributed by atoms with Crippen LogP contribution in [-0.4, -0.2) is 23.6 Å². The smallest absolute Gasteiger partial charge is 0.252 e. The largest absolute Gasteiger partial charge is 0.390 e. The molecule has 2 aromatic carbocycles. The van der Waals surface area contributed by atoms with Crippen molar-refractivity contribution in [3.63, 3.8) is 0 Å². The number of nitrogens with zero attached hydrogens (tertiary/aromatic N) is 4. The van der Waals surface area contributed by atoms with E-state index in [-0.39, 0.29) is 5.91 Å². The maximum Gasteiger partial charge on any atom is 0.252 e. The standard InChI is InChI=1S/C22H17ClN6O/c23-18-6-2-16(3-7-18)21(20-10-1-15(11-24)12-27-20)29-22(30)17-4-8-19(9-5-17)28-14-26-13-25/h1-10,12-14,21H,(H,29,30)(H2,25,26,28). The van der Waals surface area contributed by atoms with Gasteiger partial charge in [-0.2, -0.15) is 5.26 Å². The van der Waals surface area contributed by atoms with Gasteiger partial charge in [0, 0.05) is 16.8 Å². The number of aliphatic imine (C=N–C) groups is 2. The summed E-state index contributed by atoms with van der Waals surface area (Å²) in [5.74, 6) is -0.281. The number of benzene rings is 2.